The molecule has 11 heteroatoms. The molecule has 3 N–H and O–H groups in total. The standard InChI is InChI=1S/C19H21ClFN7O2/c1-19(4-5-19)25-18(29)30-13-3-2-10(15(13)21)12-8-14(27-26-12)24-17-16-11(20)9-23-28(16)7-6-22-17/h6-10,13,15H,2-5H2,1H3,(H,25,29)(H2,22,24,26,27)/t10-,13-,15+/m1/s1. The van der Waals surface area contributed by atoms with Crippen molar-refractivity contribution in [1.82, 2.24) is 30.1 Å². The van der Waals surface area contributed by atoms with Crippen LogP contribution in [0.2, 0.25) is 5.02 Å². The highest BCUT2D eigenvalue weighted by molar-refractivity contribution is 6.34. The number of nitrogens with zero attached hydrogens (tertiary/aromatic N) is 4. The lowest BCUT2D eigenvalue weighted by molar-refractivity contribution is 0.0546. The molecule has 2 fully saturated rings. The molecule has 0 bridgehead atoms. The topological polar surface area (TPSA) is 109 Å². The van der Waals surface area contributed by atoms with Crippen molar-refractivity contribution in [3.63, 3.8) is 0 Å². The minimum absolute atomic E-state index is 0.194. The summed E-state index contributed by atoms with van der Waals surface area (Å²) in [6.07, 6.45) is 5.06. The molecule has 9 nitrogen and oxygen atoms in total. The first-order valence-electron chi connectivity index (χ1n) is 9.85. The van der Waals surface area contributed by atoms with Crippen LogP contribution in [0.3, 0.4) is 0 Å². The van der Waals surface area contributed by atoms with Gasteiger partial charge < -0.3 is 15.4 Å². The van der Waals surface area contributed by atoms with Crippen LogP contribution in [0.25, 0.3) is 5.52 Å². The van der Waals surface area contributed by atoms with E-state index >= 15 is 0 Å². The van der Waals surface area contributed by atoms with Gasteiger partial charge in [-0.15, -0.1) is 0 Å². The number of aromatic nitrogens is 5. The Balaban J connectivity index is 1.26. The predicted molar refractivity (Wildman–Crippen MR) is 108 cm³/mol. The second kappa shape index (κ2) is 7.12. The third kappa shape index (κ3) is 3.55. The molecule has 0 saturated heterocycles. The highest BCUT2D eigenvalue weighted by Gasteiger charge is 2.43. The van der Waals surface area contributed by atoms with E-state index in [9.17, 15) is 9.18 Å². The summed E-state index contributed by atoms with van der Waals surface area (Å²) >= 11 is 6.19. The number of H-pyrrole nitrogens is 1. The summed E-state index contributed by atoms with van der Waals surface area (Å²) in [5, 5.41) is 17.6. The van der Waals surface area contributed by atoms with E-state index < -0.39 is 24.3 Å². The van der Waals surface area contributed by atoms with Gasteiger partial charge in [0, 0.05) is 35.6 Å². The molecular formula is C19H21ClFN7O2. The van der Waals surface area contributed by atoms with Crippen LogP contribution < -0.4 is 10.6 Å². The summed E-state index contributed by atoms with van der Waals surface area (Å²) in [5.41, 5.74) is 1.06. The number of halogens is 2. The molecule has 3 aromatic rings. The number of nitrogens with one attached hydrogen (secondary N) is 3. The highest BCUT2D eigenvalue weighted by Crippen LogP contribution is 2.39. The molecular weight excluding hydrogens is 413 g/mol. The quantitative estimate of drug-likeness (QED) is 0.566. The second-order valence-electron chi connectivity index (χ2n) is 8.15. The van der Waals surface area contributed by atoms with Gasteiger partial charge >= 0.3 is 6.09 Å². The Morgan fingerprint density at radius 1 is 1.43 bits per heavy atom. The Morgan fingerprint density at radius 2 is 2.27 bits per heavy atom. The largest absolute Gasteiger partial charge is 0.443 e. The lowest BCUT2D eigenvalue weighted by Crippen LogP contribution is -2.38. The van der Waals surface area contributed by atoms with Crippen molar-refractivity contribution in [2.24, 2.45) is 0 Å². The molecule has 3 aromatic heterocycles. The van der Waals surface area contributed by atoms with Crippen molar-refractivity contribution in [3.8, 4) is 0 Å². The van der Waals surface area contributed by atoms with E-state index in [1.54, 1.807) is 23.0 Å². The summed E-state index contributed by atoms with van der Waals surface area (Å²) < 4.78 is 21.9. The van der Waals surface area contributed by atoms with Crippen LogP contribution in [0, 0.1) is 0 Å². The van der Waals surface area contributed by atoms with Crippen molar-refractivity contribution in [1.29, 1.82) is 0 Å². The lowest BCUT2D eigenvalue weighted by atomic mass is 10.0. The van der Waals surface area contributed by atoms with Crippen LogP contribution in [-0.2, 0) is 4.74 Å². The van der Waals surface area contributed by atoms with E-state index in [-0.39, 0.29) is 5.54 Å². The van der Waals surface area contributed by atoms with Gasteiger partial charge in [0.25, 0.3) is 0 Å². The number of fused-ring (bicyclic) bond motifs is 1. The monoisotopic (exact) mass is 433 g/mol. The third-order valence-corrected chi connectivity index (χ3v) is 6.07. The van der Waals surface area contributed by atoms with E-state index in [1.165, 1.54) is 6.20 Å². The molecule has 5 rings (SSSR count). The van der Waals surface area contributed by atoms with E-state index in [0.717, 1.165) is 12.8 Å². The average Bonchev–Trinajstić information content (AvgIpc) is 3.03. The fourth-order valence-corrected chi connectivity index (χ4v) is 4.03. The van der Waals surface area contributed by atoms with Gasteiger partial charge in [0.15, 0.2) is 11.6 Å². The van der Waals surface area contributed by atoms with E-state index in [2.05, 4.69) is 30.9 Å². The number of anilines is 2. The van der Waals surface area contributed by atoms with Gasteiger partial charge in [-0.2, -0.15) is 10.2 Å². The minimum atomic E-state index is -1.30. The molecule has 3 heterocycles. The van der Waals surface area contributed by atoms with Crippen molar-refractivity contribution in [3.05, 3.63) is 35.4 Å². The van der Waals surface area contributed by atoms with Crippen molar-refractivity contribution >= 4 is 34.8 Å². The van der Waals surface area contributed by atoms with Crippen LogP contribution in [0.1, 0.15) is 44.2 Å². The van der Waals surface area contributed by atoms with Crippen molar-refractivity contribution < 1.29 is 13.9 Å². The number of ether oxygens (including phenoxy) is 1. The van der Waals surface area contributed by atoms with Gasteiger partial charge in [0.1, 0.15) is 17.8 Å². The number of carbonyl (C=O) groups excluding carboxylic acids is 1. The molecule has 3 atom stereocenters. The highest BCUT2D eigenvalue weighted by atomic mass is 35.5. The number of alkyl carbamates (subject to hydrolysis) is 1. The molecule has 0 spiro atoms. The van der Waals surface area contributed by atoms with Crippen LogP contribution in [0.15, 0.2) is 24.7 Å². The summed E-state index contributed by atoms with van der Waals surface area (Å²) in [5.74, 6) is 0.552. The minimum Gasteiger partial charge on any atom is -0.443 e. The fourth-order valence-electron chi connectivity index (χ4n) is 3.81. The molecule has 2 aliphatic rings. The van der Waals surface area contributed by atoms with E-state index in [4.69, 9.17) is 16.3 Å². The van der Waals surface area contributed by atoms with Gasteiger partial charge in [-0.25, -0.2) is 18.7 Å². The number of alkyl halides is 1. The Kier molecular flexibility index (Phi) is 4.53. The Labute approximate surface area is 176 Å². The summed E-state index contributed by atoms with van der Waals surface area (Å²) in [4.78, 5) is 16.3. The predicted octanol–water partition coefficient (Wildman–Crippen LogP) is 3.71. The fraction of sp³-hybridized carbons (Fsp3) is 0.474. The number of hydrogen-bond acceptors (Lipinski definition) is 6. The Bertz CT molecular complexity index is 1100. The zero-order chi connectivity index (χ0) is 20.9. The number of hydrogen-bond donors (Lipinski definition) is 3. The van der Waals surface area contributed by atoms with Crippen LogP contribution in [0.4, 0.5) is 20.8 Å². The van der Waals surface area contributed by atoms with Gasteiger partial charge in [0.2, 0.25) is 0 Å². The molecule has 0 aromatic carbocycles. The normalized spacial score (nSPS) is 24.7. The number of amides is 1. The zero-order valence-electron chi connectivity index (χ0n) is 16.2. The smallest absolute Gasteiger partial charge is 0.407 e. The first-order valence-corrected chi connectivity index (χ1v) is 10.2. The molecule has 158 valence electrons. The SMILES string of the molecule is CC1(NC(=O)O[C@@H]2CC[C@H](c3cc(Nc4nccn5ncc(Cl)c45)n[nH]3)[C@@H]2F)CC1. The maximum absolute atomic E-state index is 15.0. The zero-order valence-corrected chi connectivity index (χ0v) is 17.0. The molecule has 0 radical (unpaired) electrons. The number of carbonyl (C=O) groups is 1. The maximum atomic E-state index is 15.0. The van der Waals surface area contributed by atoms with E-state index in [1.807, 2.05) is 6.92 Å². The summed E-state index contributed by atoms with van der Waals surface area (Å²) in [7, 11) is 0. The summed E-state index contributed by atoms with van der Waals surface area (Å²) in [6, 6.07) is 1.74. The van der Waals surface area contributed by atoms with Crippen LogP contribution in [-0.4, -0.2) is 48.7 Å². The Hall–Kier alpha value is -2.88. The van der Waals surface area contributed by atoms with Crippen LogP contribution >= 0.6 is 11.6 Å². The molecule has 0 unspecified atom stereocenters. The first kappa shape index (κ1) is 19.1. The molecule has 1 amide bonds. The average molecular weight is 434 g/mol. The maximum Gasteiger partial charge on any atom is 0.407 e. The van der Waals surface area contributed by atoms with Crippen molar-refractivity contribution in [2.45, 2.75) is 56.3 Å². The second-order valence-corrected chi connectivity index (χ2v) is 8.56. The third-order valence-electron chi connectivity index (χ3n) is 5.79. The molecule has 2 saturated carbocycles. The van der Waals surface area contributed by atoms with Crippen molar-refractivity contribution in [2.75, 3.05) is 5.32 Å². The molecule has 2 aliphatic carbocycles. The summed E-state index contributed by atoms with van der Waals surface area (Å²) in [6.45, 7) is 1.95. The molecule has 0 aliphatic heterocycles. The Morgan fingerprint density at radius 3 is 3.07 bits per heavy atom. The van der Waals surface area contributed by atoms with E-state index in [0.29, 0.717) is 40.7 Å². The van der Waals surface area contributed by atoms with Gasteiger partial charge in [-0.05, 0) is 32.6 Å². The van der Waals surface area contributed by atoms with Crippen LogP contribution in [0.5, 0.6) is 0 Å². The molecule has 30 heavy (non-hydrogen) atoms. The first-order chi connectivity index (χ1) is 14.4. The number of aromatic amines is 1. The lowest BCUT2D eigenvalue weighted by Gasteiger charge is -2.19. The van der Waals surface area contributed by atoms with Gasteiger partial charge in [-0.3, -0.25) is 5.10 Å². The van der Waals surface area contributed by atoms with Gasteiger partial charge in [0.05, 0.1) is 11.2 Å². The van der Waals surface area contributed by atoms with Gasteiger partial charge in [-0.1, -0.05) is 11.6 Å². The number of rotatable bonds is 5.